The van der Waals surface area contributed by atoms with Crippen LogP contribution in [0, 0.1) is 24.1 Å². The SMILES string of the molecule is CCc1cc(Cl)cc(C(C(=O)Nc2ccc(F)c(NC(=O)c3ccc(C#N)cc3C)c2)C(C)(Cl)Cl)c1. The van der Waals surface area contributed by atoms with E-state index >= 15 is 0 Å². The van der Waals surface area contributed by atoms with Crippen LogP contribution in [0.1, 0.15) is 52.4 Å². The molecule has 3 rings (SSSR count). The van der Waals surface area contributed by atoms with Crippen LogP contribution < -0.4 is 10.6 Å². The maximum absolute atomic E-state index is 14.5. The number of halogens is 4. The Hall–Kier alpha value is -3.11. The number of hydrogen-bond acceptors (Lipinski definition) is 3. The lowest BCUT2D eigenvalue weighted by Crippen LogP contribution is -2.32. The van der Waals surface area contributed by atoms with E-state index in [-0.39, 0.29) is 16.9 Å². The molecule has 0 spiro atoms. The molecule has 1 unspecified atom stereocenters. The van der Waals surface area contributed by atoms with E-state index in [2.05, 4.69) is 10.6 Å². The van der Waals surface area contributed by atoms with Crippen molar-refractivity contribution in [1.29, 1.82) is 5.26 Å². The second-order valence-electron chi connectivity index (χ2n) is 8.42. The van der Waals surface area contributed by atoms with E-state index in [0.29, 0.717) is 28.1 Å². The lowest BCUT2D eigenvalue weighted by atomic mass is 9.92. The smallest absolute Gasteiger partial charge is 0.256 e. The zero-order valence-corrected chi connectivity index (χ0v) is 22.0. The van der Waals surface area contributed by atoms with E-state index in [1.807, 2.05) is 19.1 Å². The van der Waals surface area contributed by atoms with Crippen molar-refractivity contribution in [3.8, 4) is 6.07 Å². The summed E-state index contributed by atoms with van der Waals surface area (Å²) in [5.74, 6) is -2.77. The summed E-state index contributed by atoms with van der Waals surface area (Å²) < 4.78 is 13.0. The predicted molar refractivity (Wildman–Crippen MR) is 143 cm³/mol. The van der Waals surface area contributed by atoms with Gasteiger partial charge in [0, 0.05) is 16.3 Å². The standard InChI is InChI=1S/C27H23Cl3FN3O2/c1-4-16-10-18(12-19(28)11-16)24(27(3,29)30)26(36)33-20-6-8-22(31)23(13-20)34-25(35)21-7-5-17(14-32)9-15(21)2/h5-13,24H,4H2,1-3H3,(H,33,36)(H,34,35). The summed E-state index contributed by atoms with van der Waals surface area (Å²) in [6.45, 7) is 5.14. The van der Waals surface area contributed by atoms with Crippen LogP contribution in [0.2, 0.25) is 5.02 Å². The van der Waals surface area contributed by atoms with Crippen LogP contribution in [-0.2, 0) is 11.2 Å². The molecule has 0 saturated heterocycles. The zero-order chi connectivity index (χ0) is 26.6. The van der Waals surface area contributed by atoms with Gasteiger partial charge >= 0.3 is 0 Å². The van der Waals surface area contributed by atoms with Gasteiger partial charge in [-0.3, -0.25) is 9.59 Å². The maximum atomic E-state index is 14.5. The number of nitrogens with one attached hydrogen (secondary N) is 2. The largest absolute Gasteiger partial charge is 0.325 e. The van der Waals surface area contributed by atoms with Gasteiger partial charge in [0.25, 0.3) is 5.91 Å². The average Bonchev–Trinajstić information content (AvgIpc) is 2.79. The first kappa shape index (κ1) is 27.5. The quantitative estimate of drug-likeness (QED) is 0.303. The number of benzene rings is 3. The van der Waals surface area contributed by atoms with Gasteiger partial charge in [0.1, 0.15) is 10.2 Å². The lowest BCUT2D eigenvalue weighted by Gasteiger charge is -2.26. The average molecular weight is 547 g/mol. The number of nitrogens with zero attached hydrogens (tertiary/aromatic N) is 1. The first-order valence-corrected chi connectivity index (χ1v) is 12.2. The molecule has 0 fully saturated rings. The first-order chi connectivity index (χ1) is 16.9. The minimum atomic E-state index is -1.48. The number of carbonyl (C=O) groups is 2. The van der Waals surface area contributed by atoms with Gasteiger partial charge in [0.2, 0.25) is 5.91 Å². The van der Waals surface area contributed by atoms with Gasteiger partial charge in [0.15, 0.2) is 0 Å². The fourth-order valence-electron chi connectivity index (χ4n) is 3.81. The molecule has 2 N–H and O–H groups in total. The lowest BCUT2D eigenvalue weighted by molar-refractivity contribution is -0.117. The van der Waals surface area contributed by atoms with Crippen molar-refractivity contribution in [2.75, 3.05) is 10.6 Å². The number of carbonyl (C=O) groups excluding carboxylic acids is 2. The highest BCUT2D eigenvalue weighted by atomic mass is 35.5. The third-order valence-corrected chi connectivity index (χ3v) is 6.23. The Morgan fingerprint density at radius 3 is 2.42 bits per heavy atom. The van der Waals surface area contributed by atoms with E-state index < -0.39 is 27.9 Å². The van der Waals surface area contributed by atoms with Gasteiger partial charge in [-0.25, -0.2) is 4.39 Å². The highest BCUT2D eigenvalue weighted by Gasteiger charge is 2.37. The van der Waals surface area contributed by atoms with Crippen molar-refractivity contribution in [3.05, 3.63) is 93.3 Å². The molecule has 0 aromatic heterocycles. The first-order valence-electron chi connectivity index (χ1n) is 11.0. The number of anilines is 2. The van der Waals surface area contributed by atoms with Crippen molar-refractivity contribution in [2.45, 2.75) is 37.4 Å². The van der Waals surface area contributed by atoms with E-state index in [1.54, 1.807) is 25.1 Å². The second-order valence-corrected chi connectivity index (χ2v) is 10.6. The topological polar surface area (TPSA) is 82.0 Å². The van der Waals surface area contributed by atoms with Crippen LogP contribution in [0.25, 0.3) is 0 Å². The van der Waals surface area contributed by atoms with Gasteiger partial charge in [-0.1, -0.05) is 24.6 Å². The van der Waals surface area contributed by atoms with Gasteiger partial charge in [-0.2, -0.15) is 5.26 Å². The highest BCUT2D eigenvalue weighted by molar-refractivity contribution is 6.50. The van der Waals surface area contributed by atoms with E-state index in [4.69, 9.17) is 40.1 Å². The molecule has 0 aliphatic heterocycles. The highest BCUT2D eigenvalue weighted by Crippen LogP contribution is 2.40. The van der Waals surface area contributed by atoms with Gasteiger partial charge < -0.3 is 10.6 Å². The molecule has 1 atom stereocenters. The van der Waals surface area contributed by atoms with Gasteiger partial charge in [0.05, 0.1) is 23.2 Å². The Bertz CT molecular complexity index is 1360. The number of rotatable bonds is 7. The molecular weight excluding hydrogens is 524 g/mol. The molecule has 36 heavy (non-hydrogen) atoms. The van der Waals surface area contributed by atoms with Crippen LogP contribution in [0.5, 0.6) is 0 Å². The van der Waals surface area contributed by atoms with Gasteiger partial charge in [-0.05, 0) is 85.5 Å². The third-order valence-electron chi connectivity index (χ3n) is 5.57. The van der Waals surface area contributed by atoms with Crippen LogP contribution in [-0.4, -0.2) is 16.1 Å². The van der Waals surface area contributed by atoms with Crippen molar-refractivity contribution < 1.29 is 14.0 Å². The molecule has 9 heteroatoms. The summed E-state index contributed by atoms with van der Waals surface area (Å²) in [6, 6.07) is 15.6. The number of hydrogen-bond donors (Lipinski definition) is 2. The molecule has 5 nitrogen and oxygen atoms in total. The van der Waals surface area contributed by atoms with Crippen molar-refractivity contribution in [3.63, 3.8) is 0 Å². The fraction of sp³-hybridized carbons (Fsp3) is 0.222. The van der Waals surface area contributed by atoms with Crippen molar-refractivity contribution in [1.82, 2.24) is 0 Å². The van der Waals surface area contributed by atoms with Crippen LogP contribution in [0.4, 0.5) is 15.8 Å². The zero-order valence-electron chi connectivity index (χ0n) is 19.8. The molecule has 0 bridgehead atoms. The normalized spacial score (nSPS) is 11.9. The molecule has 0 radical (unpaired) electrons. The second kappa shape index (κ2) is 11.3. The van der Waals surface area contributed by atoms with E-state index in [9.17, 15) is 14.0 Å². The molecule has 0 heterocycles. The van der Waals surface area contributed by atoms with Crippen LogP contribution in [0.15, 0.2) is 54.6 Å². The number of nitriles is 1. The molecule has 0 aliphatic carbocycles. The summed E-state index contributed by atoms with van der Waals surface area (Å²) in [6.07, 6.45) is 0.697. The number of alkyl halides is 2. The van der Waals surface area contributed by atoms with Crippen LogP contribution in [0.3, 0.4) is 0 Å². The minimum Gasteiger partial charge on any atom is -0.325 e. The third kappa shape index (κ3) is 6.55. The minimum absolute atomic E-state index is 0.131. The Kier molecular flexibility index (Phi) is 8.63. The van der Waals surface area contributed by atoms with Crippen molar-refractivity contribution >= 4 is 58.0 Å². The van der Waals surface area contributed by atoms with E-state index in [1.165, 1.54) is 31.2 Å². The van der Waals surface area contributed by atoms with Crippen LogP contribution >= 0.6 is 34.8 Å². The summed E-state index contributed by atoms with van der Waals surface area (Å²) in [7, 11) is 0. The maximum Gasteiger partial charge on any atom is 0.256 e. The molecule has 2 amide bonds. The molecule has 3 aromatic carbocycles. The molecule has 0 aliphatic rings. The van der Waals surface area contributed by atoms with Gasteiger partial charge in [-0.15, -0.1) is 23.2 Å². The summed E-state index contributed by atoms with van der Waals surface area (Å²) in [5, 5.41) is 14.7. The molecule has 0 saturated carbocycles. The monoisotopic (exact) mass is 545 g/mol. The summed E-state index contributed by atoms with van der Waals surface area (Å²) in [4.78, 5) is 26.0. The Morgan fingerprint density at radius 2 is 1.81 bits per heavy atom. The predicted octanol–water partition coefficient (Wildman–Crippen LogP) is 7.39. The fourth-order valence-corrected chi connectivity index (χ4v) is 4.53. The Morgan fingerprint density at radius 1 is 1.08 bits per heavy atom. The number of amides is 2. The Balaban J connectivity index is 1.87. The molecule has 186 valence electrons. The molecular formula is C27H23Cl3FN3O2. The van der Waals surface area contributed by atoms with E-state index in [0.717, 1.165) is 11.6 Å². The Labute approximate surface area is 224 Å². The van der Waals surface area contributed by atoms with Crippen molar-refractivity contribution in [2.24, 2.45) is 0 Å². The summed E-state index contributed by atoms with van der Waals surface area (Å²) in [5.41, 5.74) is 2.81. The summed E-state index contributed by atoms with van der Waals surface area (Å²) >= 11 is 19.0. The number of aryl methyl sites for hydroxylation is 2. The molecule has 3 aromatic rings.